The molecular weight excluding hydrogens is 295 g/mol. The minimum Gasteiger partial charge on any atom is -0.376 e. The summed E-state index contributed by atoms with van der Waals surface area (Å²) in [6.45, 7) is 4.92. The largest absolute Gasteiger partial charge is 0.376 e. The van der Waals surface area contributed by atoms with E-state index >= 15 is 0 Å². The zero-order valence-electron chi connectivity index (χ0n) is 13.3. The second kappa shape index (κ2) is 6.21. The Labute approximate surface area is 136 Å². The zero-order valence-corrected chi connectivity index (χ0v) is 13.3. The molecule has 3 aliphatic rings. The van der Waals surface area contributed by atoms with E-state index < -0.39 is 0 Å². The van der Waals surface area contributed by atoms with Gasteiger partial charge in [0.15, 0.2) is 0 Å². The van der Waals surface area contributed by atoms with Gasteiger partial charge in [0.1, 0.15) is 5.82 Å². The van der Waals surface area contributed by atoms with Gasteiger partial charge in [-0.15, -0.1) is 0 Å². The van der Waals surface area contributed by atoms with Crippen molar-refractivity contribution in [2.45, 2.75) is 25.5 Å². The summed E-state index contributed by atoms with van der Waals surface area (Å²) in [5.41, 5.74) is 0.749. The van der Waals surface area contributed by atoms with Gasteiger partial charge in [-0.2, -0.15) is 0 Å². The topological polar surface area (TPSA) is 32.8 Å². The third-order valence-electron chi connectivity index (χ3n) is 5.49. The second-order valence-corrected chi connectivity index (χ2v) is 7.02. The Balaban J connectivity index is 1.37. The van der Waals surface area contributed by atoms with Gasteiger partial charge in [0.05, 0.1) is 12.7 Å². The molecule has 3 saturated heterocycles. The molecule has 1 amide bonds. The molecule has 3 fully saturated rings. The summed E-state index contributed by atoms with van der Waals surface area (Å²) in [7, 11) is 0. The van der Waals surface area contributed by atoms with Gasteiger partial charge >= 0.3 is 0 Å². The molecule has 1 aromatic carbocycles. The van der Waals surface area contributed by atoms with Crippen LogP contribution in [0.5, 0.6) is 0 Å². The van der Waals surface area contributed by atoms with Crippen LogP contribution in [0.1, 0.15) is 18.4 Å². The van der Waals surface area contributed by atoms with Crippen molar-refractivity contribution in [1.82, 2.24) is 9.80 Å². The van der Waals surface area contributed by atoms with E-state index in [4.69, 9.17) is 4.74 Å². The van der Waals surface area contributed by atoms with E-state index in [1.54, 1.807) is 6.07 Å². The molecule has 0 spiro atoms. The molecular formula is C18H23FN2O2. The number of fused-ring (bicyclic) bond motifs is 1. The first-order valence-electron chi connectivity index (χ1n) is 8.56. The third-order valence-corrected chi connectivity index (χ3v) is 5.49. The molecule has 1 aromatic rings. The van der Waals surface area contributed by atoms with Crippen molar-refractivity contribution in [2.24, 2.45) is 11.8 Å². The van der Waals surface area contributed by atoms with Gasteiger partial charge < -0.3 is 9.64 Å². The number of carbonyl (C=O) groups is 1. The maximum absolute atomic E-state index is 13.8. The van der Waals surface area contributed by atoms with Gasteiger partial charge in [0, 0.05) is 56.5 Å². The standard InChI is InChI=1S/C18H23FN2O2/c19-16-5-2-1-4-13(16)8-20-10-15-14(12-23-17(15)11-20)9-21-7-3-6-18(21)22/h1-2,4-5,14-15,17H,3,6-12H2/t14-,15+,17+/m0/s1. The predicted molar refractivity (Wildman–Crippen MR) is 84.2 cm³/mol. The molecule has 0 radical (unpaired) electrons. The van der Waals surface area contributed by atoms with Crippen molar-refractivity contribution in [3.8, 4) is 0 Å². The van der Waals surface area contributed by atoms with Crippen LogP contribution in [-0.2, 0) is 16.1 Å². The highest BCUT2D eigenvalue weighted by Gasteiger charge is 2.44. The van der Waals surface area contributed by atoms with Gasteiger partial charge in [0.25, 0.3) is 0 Å². The first-order chi connectivity index (χ1) is 11.2. The van der Waals surface area contributed by atoms with Crippen molar-refractivity contribution >= 4 is 5.91 Å². The Bertz CT molecular complexity index is 594. The van der Waals surface area contributed by atoms with Crippen LogP contribution in [0, 0.1) is 17.7 Å². The molecule has 0 saturated carbocycles. The van der Waals surface area contributed by atoms with Gasteiger partial charge in [0.2, 0.25) is 5.91 Å². The number of amides is 1. The van der Waals surface area contributed by atoms with Crippen LogP contribution in [0.2, 0.25) is 0 Å². The van der Waals surface area contributed by atoms with Crippen LogP contribution in [-0.4, -0.2) is 54.6 Å². The van der Waals surface area contributed by atoms with Gasteiger partial charge in [-0.3, -0.25) is 9.69 Å². The fourth-order valence-corrected chi connectivity index (χ4v) is 4.24. The van der Waals surface area contributed by atoms with Gasteiger partial charge in [-0.25, -0.2) is 4.39 Å². The molecule has 0 aromatic heterocycles. The number of hydrogen-bond donors (Lipinski definition) is 0. The van der Waals surface area contributed by atoms with E-state index in [2.05, 4.69) is 4.90 Å². The summed E-state index contributed by atoms with van der Waals surface area (Å²) >= 11 is 0. The summed E-state index contributed by atoms with van der Waals surface area (Å²) in [6, 6.07) is 6.98. The number of halogens is 1. The Morgan fingerprint density at radius 3 is 2.91 bits per heavy atom. The van der Waals surface area contributed by atoms with Crippen molar-refractivity contribution in [3.05, 3.63) is 35.6 Å². The molecule has 3 atom stereocenters. The highest BCUT2D eigenvalue weighted by molar-refractivity contribution is 5.78. The Kier molecular flexibility index (Phi) is 4.07. The fraction of sp³-hybridized carbons (Fsp3) is 0.611. The number of carbonyl (C=O) groups excluding carboxylic acids is 1. The first-order valence-corrected chi connectivity index (χ1v) is 8.56. The average Bonchev–Trinajstić information content (AvgIpc) is 3.21. The predicted octanol–water partition coefficient (Wildman–Crippen LogP) is 1.89. The van der Waals surface area contributed by atoms with Gasteiger partial charge in [-0.1, -0.05) is 18.2 Å². The summed E-state index contributed by atoms with van der Waals surface area (Å²) < 4.78 is 19.8. The average molecular weight is 318 g/mol. The maximum atomic E-state index is 13.8. The Morgan fingerprint density at radius 1 is 1.26 bits per heavy atom. The lowest BCUT2D eigenvalue weighted by atomic mass is 9.93. The van der Waals surface area contributed by atoms with E-state index in [0.717, 1.165) is 44.8 Å². The summed E-state index contributed by atoms with van der Waals surface area (Å²) in [6.07, 6.45) is 1.92. The molecule has 5 heteroatoms. The Morgan fingerprint density at radius 2 is 2.13 bits per heavy atom. The van der Waals surface area contributed by atoms with Crippen molar-refractivity contribution in [3.63, 3.8) is 0 Å². The number of ether oxygens (including phenoxy) is 1. The van der Waals surface area contributed by atoms with Crippen LogP contribution in [0.25, 0.3) is 0 Å². The molecule has 0 aliphatic carbocycles. The van der Waals surface area contributed by atoms with Crippen LogP contribution in [0.15, 0.2) is 24.3 Å². The van der Waals surface area contributed by atoms with E-state index in [-0.39, 0.29) is 17.8 Å². The smallest absolute Gasteiger partial charge is 0.222 e. The normalized spacial score (nSPS) is 31.1. The SMILES string of the molecule is O=C1CCCN1C[C@H]1CO[C@@H]2CN(Cc3ccccc3F)C[C@H]12. The molecule has 0 bridgehead atoms. The monoisotopic (exact) mass is 318 g/mol. The lowest BCUT2D eigenvalue weighted by molar-refractivity contribution is -0.128. The van der Waals surface area contributed by atoms with Crippen LogP contribution in [0.3, 0.4) is 0 Å². The summed E-state index contributed by atoms with van der Waals surface area (Å²) in [5.74, 6) is 1.04. The maximum Gasteiger partial charge on any atom is 0.222 e. The van der Waals surface area contributed by atoms with E-state index in [1.807, 2.05) is 17.0 Å². The van der Waals surface area contributed by atoms with Gasteiger partial charge in [-0.05, 0) is 12.5 Å². The lowest BCUT2D eigenvalue weighted by Gasteiger charge is -2.24. The lowest BCUT2D eigenvalue weighted by Crippen LogP contribution is -2.35. The van der Waals surface area contributed by atoms with Crippen molar-refractivity contribution in [2.75, 3.05) is 32.8 Å². The van der Waals surface area contributed by atoms with Crippen LogP contribution < -0.4 is 0 Å². The molecule has 23 heavy (non-hydrogen) atoms. The molecule has 0 N–H and O–H groups in total. The quantitative estimate of drug-likeness (QED) is 0.850. The number of benzene rings is 1. The van der Waals surface area contributed by atoms with Crippen molar-refractivity contribution < 1.29 is 13.9 Å². The van der Waals surface area contributed by atoms with E-state index in [1.165, 1.54) is 6.07 Å². The number of hydrogen-bond acceptors (Lipinski definition) is 3. The summed E-state index contributed by atoms with van der Waals surface area (Å²) in [5, 5.41) is 0. The number of nitrogens with zero attached hydrogens (tertiary/aromatic N) is 2. The molecule has 4 nitrogen and oxygen atoms in total. The minimum absolute atomic E-state index is 0.135. The molecule has 3 heterocycles. The van der Waals surface area contributed by atoms with Crippen LogP contribution >= 0.6 is 0 Å². The highest BCUT2D eigenvalue weighted by atomic mass is 19.1. The fourth-order valence-electron chi connectivity index (χ4n) is 4.24. The Hall–Kier alpha value is -1.46. The molecule has 4 rings (SSSR count). The minimum atomic E-state index is -0.135. The van der Waals surface area contributed by atoms with Crippen LogP contribution in [0.4, 0.5) is 4.39 Å². The third kappa shape index (κ3) is 3.00. The molecule has 3 aliphatic heterocycles. The molecule has 124 valence electrons. The van der Waals surface area contributed by atoms with Crippen molar-refractivity contribution in [1.29, 1.82) is 0 Å². The first kappa shape index (κ1) is 15.1. The zero-order chi connectivity index (χ0) is 15.8. The molecule has 0 unspecified atom stereocenters. The number of likely N-dealkylation sites (tertiary alicyclic amines) is 2. The summed E-state index contributed by atoms with van der Waals surface area (Å²) in [4.78, 5) is 16.1. The van der Waals surface area contributed by atoms with E-state index in [0.29, 0.717) is 24.8 Å². The highest BCUT2D eigenvalue weighted by Crippen LogP contribution is 2.35. The number of rotatable bonds is 4. The van der Waals surface area contributed by atoms with E-state index in [9.17, 15) is 9.18 Å². The second-order valence-electron chi connectivity index (χ2n) is 7.02.